The van der Waals surface area contributed by atoms with Crippen molar-refractivity contribution in [1.29, 1.82) is 0 Å². The molecule has 0 unspecified atom stereocenters. The summed E-state index contributed by atoms with van der Waals surface area (Å²) in [6.07, 6.45) is 4.14. The number of likely N-dealkylation sites (tertiary alicyclic amines) is 1. The Morgan fingerprint density at radius 1 is 1.14 bits per heavy atom. The van der Waals surface area contributed by atoms with Gasteiger partial charge in [0.1, 0.15) is 0 Å². The van der Waals surface area contributed by atoms with Crippen molar-refractivity contribution in [3.63, 3.8) is 0 Å². The van der Waals surface area contributed by atoms with E-state index in [1.54, 1.807) is 0 Å². The van der Waals surface area contributed by atoms with E-state index in [1.807, 2.05) is 7.05 Å². The highest BCUT2D eigenvalue weighted by Crippen LogP contribution is 2.13. The van der Waals surface area contributed by atoms with Crippen molar-refractivity contribution in [2.75, 3.05) is 26.7 Å². The van der Waals surface area contributed by atoms with Crippen molar-refractivity contribution >= 4 is 5.91 Å². The molecule has 1 amide bonds. The Bertz CT molecular complexity index is 424. The second-order valence-electron chi connectivity index (χ2n) is 5.78. The summed E-state index contributed by atoms with van der Waals surface area (Å²) in [6, 6.07) is 8.61. The van der Waals surface area contributed by atoms with Crippen LogP contribution in [0.15, 0.2) is 24.3 Å². The number of rotatable bonds is 8. The van der Waals surface area contributed by atoms with Gasteiger partial charge in [-0.2, -0.15) is 0 Å². The number of hydrogen-bond donors (Lipinski definition) is 2. The maximum atomic E-state index is 11.6. The van der Waals surface area contributed by atoms with E-state index in [2.05, 4.69) is 39.8 Å². The summed E-state index contributed by atoms with van der Waals surface area (Å²) in [5.74, 6) is 0.131. The summed E-state index contributed by atoms with van der Waals surface area (Å²) in [4.78, 5) is 14.1. The maximum absolute atomic E-state index is 11.6. The van der Waals surface area contributed by atoms with Gasteiger partial charge in [0, 0.05) is 19.5 Å². The highest BCUT2D eigenvalue weighted by molar-refractivity contribution is 5.75. The SMILES string of the molecule is CNCCCC(=O)NCc1ccc(CN2CCCC2)cc1. The average Bonchev–Trinajstić information content (AvgIpc) is 3.00. The molecule has 4 nitrogen and oxygen atoms in total. The Hall–Kier alpha value is -1.39. The second-order valence-corrected chi connectivity index (χ2v) is 5.78. The van der Waals surface area contributed by atoms with E-state index in [0.717, 1.165) is 19.5 Å². The number of benzene rings is 1. The van der Waals surface area contributed by atoms with Crippen LogP contribution in [0.3, 0.4) is 0 Å². The average molecular weight is 289 g/mol. The topological polar surface area (TPSA) is 44.4 Å². The van der Waals surface area contributed by atoms with Crippen LogP contribution in [0.5, 0.6) is 0 Å². The molecule has 1 saturated heterocycles. The largest absolute Gasteiger partial charge is 0.352 e. The maximum Gasteiger partial charge on any atom is 0.220 e. The van der Waals surface area contributed by atoms with Crippen LogP contribution in [0.25, 0.3) is 0 Å². The molecule has 0 aliphatic carbocycles. The molecule has 2 rings (SSSR count). The first-order valence-electron chi connectivity index (χ1n) is 7.99. The molecule has 21 heavy (non-hydrogen) atoms. The molecule has 1 aliphatic heterocycles. The van der Waals surface area contributed by atoms with Crippen LogP contribution in [-0.2, 0) is 17.9 Å². The lowest BCUT2D eigenvalue weighted by atomic mass is 10.1. The molecular formula is C17H27N3O. The normalized spacial score (nSPS) is 15.3. The van der Waals surface area contributed by atoms with Gasteiger partial charge in [0.15, 0.2) is 0 Å². The number of nitrogens with zero attached hydrogens (tertiary/aromatic N) is 1. The van der Waals surface area contributed by atoms with Gasteiger partial charge in [-0.3, -0.25) is 9.69 Å². The third-order valence-corrected chi connectivity index (χ3v) is 3.95. The molecule has 1 fully saturated rings. The van der Waals surface area contributed by atoms with Gasteiger partial charge in [-0.05, 0) is 57.1 Å². The van der Waals surface area contributed by atoms with Gasteiger partial charge in [-0.15, -0.1) is 0 Å². The van der Waals surface area contributed by atoms with E-state index < -0.39 is 0 Å². The molecule has 0 bridgehead atoms. The number of carbonyl (C=O) groups is 1. The molecule has 0 radical (unpaired) electrons. The van der Waals surface area contributed by atoms with Gasteiger partial charge in [0.25, 0.3) is 0 Å². The minimum Gasteiger partial charge on any atom is -0.352 e. The zero-order valence-corrected chi connectivity index (χ0v) is 13.0. The smallest absolute Gasteiger partial charge is 0.220 e. The first-order valence-corrected chi connectivity index (χ1v) is 7.99. The first-order chi connectivity index (χ1) is 10.3. The first kappa shape index (κ1) is 16.0. The van der Waals surface area contributed by atoms with Crippen LogP contribution in [0.1, 0.15) is 36.8 Å². The van der Waals surface area contributed by atoms with E-state index in [1.165, 1.54) is 37.1 Å². The molecule has 116 valence electrons. The molecule has 1 heterocycles. The second kappa shape index (κ2) is 8.80. The van der Waals surface area contributed by atoms with E-state index in [9.17, 15) is 4.79 Å². The summed E-state index contributed by atoms with van der Waals surface area (Å²) in [5.41, 5.74) is 2.53. The van der Waals surface area contributed by atoms with Gasteiger partial charge in [-0.1, -0.05) is 24.3 Å². The minimum atomic E-state index is 0.131. The zero-order valence-electron chi connectivity index (χ0n) is 13.0. The predicted molar refractivity (Wildman–Crippen MR) is 86.0 cm³/mol. The van der Waals surface area contributed by atoms with Crippen molar-refractivity contribution in [2.45, 2.75) is 38.8 Å². The summed E-state index contributed by atoms with van der Waals surface area (Å²) < 4.78 is 0. The lowest BCUT2D eigenvalue weighted by Crippen LogP contribution is -2.23. The Kier molecular flexibility index (Phi) is 6.70. The van der Waals surface area contributed by atoms with Gasteiger partial charge >= 0.3 is 0 Å². The molecular weight excluding hydrogens is 262 g/mol. The molecule has 0 spiro atoms. The van der Waals surface area contributed by atoms with Gasteiger partial charge in [0.2, 0.25) is 5.91 Å². The molecule has 2 N–H and O–H groups in total. The number of nitrogens with one attached hydrogen (secondary N) is 2. The monoisotopic (exact) mass is 289 g/mol. The van der Waals surface area contributed by atoms with Crippen molar-refractivity contribution in [3.8, 4) is 0 Å². The van der Waals surface area contributed by atoms with Gasteiger partial charge in [0.05, 0.1) is 0 Å². The van der Waals surface area contributed by atoms with Crippen molar-refractivity contribution < 1.29 is 4.79 Å². The summed E-state index contributed by atoms with van der Waals surface area (Å²) >= 11 is 0. The van der Waals surface area contributed by atoms with Gasteiger partial charge in [-0.25, -0.2) is 0 Å². The quantitative estimate of drug-likeness (QED) is 0.718. The Morgan fingerprint density at radius 2 is 1.81 bits per heavy atom. The minimum absolute atomic E-state index is 0.131. The fourth-order valence-electron chi connectivity index (χ4n) is 2.68. The number of carbonyl (C=O) groups excluding carboxylic acids is 1. The third-order valence-electron chi connectivity index (χ3n) is 3.95. The molecule has 1 aromatic rings. The van der Waals surface area contributed by atoms with Crippen molar-refractivity contribution in [2.24, 2.45) is 0 Å². The molecule has 1 aromatic carbocycles. The highest BCUT2D eigenvalue weighted by atomic mass is 16.1. The van der Waals surface area contributed by atoms with E-state index >= 15 is 0 Å². The Labute approximate surface area is 127 Å². The molecule has 1 aliphatic rings. The summed E-state index contributed by atoms with van der Waals surface area (Å²) in [6.45, 7) is 5.02. The number of amides is 1. The van der Waals surface area contributed by atoms with E-state index in [0.29, 0.717) is 13.0 Å². The molecule has 0 saturated carbocycles. The van der Waals surface area contributed by atoms with Crippen LogP contribution in [0, 0.1) is 0 Å². The lowest BCUT2D eigenvalue weighted by molar-refractivity contribution is -0.121. The zero-order chi connectivity index (χ0) is 14.9. The molecule has 0 aromatic heterocycles. The van der Waals surface area contributed by atoms with Crippen LogP contribution in [0.4, 0.5) is 0 Å². The van der Waals surface area contributed by atoms with Crippen LogP contribution < -0.4 is 10.6 Å². The van der Waals surface area contributed by atoms with Crippen LogP contribution in [0.2, 0.25) is 0 Å². The highest BCUT2D eigenvalue weighted by Gasteiger charge is 2.11. The van der Waals surface area contributed by atoms with Crippen LogP contribution >= 0.6 is 0 Å². The molecule has 4 heteroatoms. The van der Waals surface area contributed by atoms with Crippen molar-refractivity contribution in [1.82, 2.24) is 15.5 Å². The number of hydrogen-bond acceptors (Lipinski definition) is 3. The fourth-order valence-corrected chi connectivity index (χ4v) is 2.68. The lowest BCUT2D eigenvalue weighted by Gasteiger charge is -2.14. The van der Waals surface area contributed by atoms with Crippen molar-refractivity contribution in [3.05, 3.63) is 35.4 Å². The Balaban J connectivity index is 1.70. The third kappa shape index (κ3) is 5.86. The predicted octanol–water partition coefficient (Wildman–Crippen LogP) is 1.90. The van der Waals surface area contributed by atoms with E-state index in [-0.39, 0.29) is 5.91 Å². The fraction of sp³-hybridized carbons (Fsp3) is 0.588. The van der Waals surface area contributed by atoms with Crippen LogP contribution in [-0.4, -0.2) is 37.5 Å². The van der Waals surface area contributed by atoms with Gasteiger partial charge < -0.3 is 10.6 Å². The standard InChI is InChI=1S/C17H27N3O/c1-18-10-4-5-17(21)19-13-15-6-8-16(9-7-15)14-20-11-2-3-12-20/h6-9,18H,2-5,10-14H2,1H3,(H,19,21). The summed E-state index contributed by atoms with van der Waals surface area (Å²) in [7, 11) is 1.90. The Morgan fingerprint density at radius 3 is 2.48 bits per heavy atom. The molecule has 0 atom stereocenters. The van der Waals surface area contributed by atoms with E-state index in [4.69, 9.17) is 0 Å². The summed E-state index contributed by atoms with van der Waals surface area (Å²) in [5, 5.41) is 6.02.